The first-order valence-electron chi connectivity index (χ1n) is 16.3. The van der Waals surface area contributed by atoms with Crippen LogP contribution in [0.15, 0.2) is 0 Å². The van der Waals surface area contributed by atoms with Gasteiger partial charge in [0.05, 0.1) is 33.8 Å². The Bertz CT molecular complexity index is 757. The molecule has 0 radical (unpaired) electrons. The normalized spacial score (nSPS) is 23.5. The summed E-state index contributed by atoms with van der Waals surface area (Å²) in [6, 6.07) is -0.658. The van der Waals surface area contributed by atoms with Crippen molar-refractivity contribution in [2.24, 2.45) is 0 Å². The molecule has 42 heavy (non-hydrogen) atoms. The van der Waals surface area contributed by atoms with Crippen molar-refractivity contribution in [3.63, 3.8) is 0 Å². The number of hydrogen-bond acceptors (Lipinski definition) is 8. The second kappa shape index (κ2) is 25.0. The fourth-order valence-corrected chi connectivity index (χ4v) is 7.59. The summed E-state index contributed by atoms with van der Waals surface area (Å²) in [5, 5.41) is 5.71. The average Bonchev–Trinajstić information content (AvgIpc) is 2.91. The lowest BCUT2D eigenvalue weighted by molar-refractivity contribution is -0.870. The van der Waals surface area contributed by atoms with Gasteiger partial charge in [-0.25, -0.2) is 0 Å². The molecule has 1 saturated heterocycles. The van der Waals surface area contributed by atoms with Gasteiger partial charge in [0.15, 0.2) is 0 Å². The molecule has 1 fully saturated rings. The highest BCUT2D eigenvalue weighted by Crippen LogP contribution is 2.38. The van der Waals surface area contributed by atoms with E-state index in [1.165, 1.54) is 75.7 Å². The van der Waals surface area contributed by atoms with Gasteiger partial charge >= 0.3 is 0 Å². The van der Waals surface area contributed by atoms with Gasteiger partial charge in [0.1, 0.15) is 13.2 Å². The molecule has 0 bridgehead atoms. The highest BCUT2D eigenvalue weighted by atomic mass is 33.1. The van der Waals surface area contributed by atoms with Crippen molar-refractivity contribution in [3.05, 3.63) is 0 Å². The number of rotatable bonds is 7. The van der Waals surface area contributed by atoms with Crippen LogP contribution in [0.4, 0.5) is 0 Å². The summed E-state index contributed by atoms with van der Waals surface area (Å²) < 4.78 is 22.9. The molecule has 2 amide bonds. The van der Waals surface area contributed by atoms with Crippen LogP contribution in [0.1, 0.15) is 116 Å². The third kappa shape index (κ3) is 26.1. The zero-order valence-electron chi connectivity index (χ0n) is 26.7. The van der Waals surface area contributed by atoms with Gasteiger partial charge in [-0.15, -0.1) is 0 Å². The molecular weight excluding hydrogens is 593 g/mol. The summed E-state index contributed by atoms with van der Waals surface area (Å²) >= 11 is 0. The molecule has 1 rings (SSSR count). The fraction of sp³-hybridized carbons (Fsp3) is 0.933. The Hall–Kier alpha value is -0.290. The molecule has 12 heteroatoms. The molecule has 1 heterocycles. The van der Waals surface area contributed by atoms with Crippen LogP contribution < -0.4 is 15.5 Å². The molecule has 0 saturated carbocycles. The standard InChI is InChI=1S/C30H60N3O6PS2/c1-33(2,3)22-23-38-40(36,37)39-27-28-26-31-29(34)20-16-12-8-4-6-10-14-18-24-41-42-25-19-15-11-7-5-9-13-17-21-30(35)32-28/h28H,4-27H2,1-3H3,(H2-,31,32,34,35,36,37). The first-order chi connectivity index (χ1) is 20.1. The van der Waals surface area contributed by atoms with Crippen LogP contribution >= 0.6 is 29.4 Å². The molecule has 9 nitrogen and oxygen atoms in total. The third-order valence-electron chi connectivity index (χ3n) is 7.20. The van der Waals surface area contributed by atoms with Gasteiger partial charge in [0.2, 0.25) is 11.8 Å². The number of nitrogens with one attached hydrogen (secondary N) is 2. The van der Waals surface area contributed by atoms with Crippen LogP contribution in [0.2, 0.25) is 0 Å². The number of phosphoric acid groups is 1. The van der Waals surface area contributed by atoms with Crippen LogP contribution in [0.25, 0.3) is 0 Å². The number of likely N-dealkylation sites (N-methyl/N-ethyl adjacent to an activating group) is 1. The quantitative estimate of drug-likeness (QED) is 0.189. The van der Waals surface area contributed by atoms with Crippen molar-refractivity contribution in [2.75, 3.05) is 59.0 Å². The summed E-state index contributed by atoms with van der Waals surface area (Å²) in [7, 11) is 5.36. The number of hydrogen-bond donors (Lipinski definition) is 2. The lowest BCUT2D eigenvalue weighted by atomic mass is 10.1. The van der Waals surface area contributed by atoms with Gasteiger partial charge in [0.25, 0.3) is 7.82 Å². The van der Waals surface area contributed by atoms with Crippen molar-refractivity contribution in [3.8, 4) is 0 Å². The van der Waals surface area contributed by atoms with Gasteiger partial charge in [-0.05, 0) is 25.7 Å². The molecule has 2 atom stereocenters. The van der Waals surface area contributed by atoms with E-state index in [1.807, 2.05) is 42.7 Å². The van der Waals surface area contributed by atoms with Gasteiger partial charge in [0, 0.05) is 30.9 Å². The molecular formula is C30H60N3O6PS2. The number of carbonyl (C=O) groups excluding carboxylic acids is 2. The first-order valence-corrected chi connectivity index (χ1v) is 20.2. The minimum Gasteiger partial charge on any atom is -0.756 e. The number of nitrogens with zero attached hydrogens (tertiary/aromatic N) is 1. The van der Waals surface area contributed by atoms with Crippen LogP contribution in [0, 0.1) is 0 Å². The van der Waals surface area contributed by atoms with Crippen LogP contribution in [0.3, 0.4) is 0 Å². The van der Waals surface area contributed by atoms with Crippen molar-refractivity contribution in [1.29, 1.82) is 0 Å². The minimum absolute atomic E-state index is 0.0102. The Morgan fingerprint density at radius 2 is 1.19 bits per heavy atom. The van der Waals surface area contributed by atoms with Gasteiger partial charge in [-0.2, -0.15) is 0 Å². The molecule has 1 aliphatic heterocycles. The van der Waals surface area contributed by atoms with E-state index in [2.05, 4.69) is 10.6 Å². The molecule has 2 unspecified atom stereocenters. The van der Waals surface area contributed by atoms with Crippen molar-refractivity contribution >= 4 is 41.2 Å². The first kappa shape index (κ1) is 39.7. The number of amides is 2. The van der Waals surface area contributed by atoms with Crippen molar-refractivity contribution < 1.29 is 32.6 Å². The van der Waals surface area contributed by atoms with Crippen LogP contribution in [0.5, 0.6) is 0 Å². The molecule has 0 aromatic rings. The highest BCUT2D eigenvalue weighted by Gasteiger charge is 2.19. The number of phosphoric ester groups is 1. The van der Waals surface area contributed by atoms with Crippen molar-refractivity contribution in [2.45, 2.75) is 122 Å². The average molecular weight is 654 g/mol. The zero-order chi connectivity index (χ0) is 30.9. The van der Waals surface area contributed by atoms with E-state index in [4.69, 9.17) is 9.05 Å². The van der Waals surface area contributed by atoms with Crippen molar-refractivity contribution in [1.82, 2.24) is 10.6 Å². The summed E-state index contributed by atoms with van der Waals surface area (Å²) in [5.41, 5.74) is 0. The Morgan fingerprint density at radius 1 is 0.738 bits per heavy atom. The minimum atomic E-state index is -4.53. The molecule has 0 aromatic heterocycles. The maximum atomic E-state index is 12.6. The summed E-state index contributed by atoms with van der Waals surface area (Å²) in [6.45, 7) is 0.342. The Balaban J connectivity index is 2.54. The molecule has 1 aliphatic rings. The number of carbonyl (C=O) groups is 2. The lowest BCUT2D eigenvalue weighted by Crippen LogP contribution is -2.46. The van der Waals surface area contributed by atoms with Gasteiger partial charge in [-0.1, -0.05) is 98.6 Å². The third-order valence-corrected chi connectivity index (χ3v) is 10.7. The smallest absolute Gasteiger partial charge is 0.268 e. The fourth-order valence-electron chi connectivity index (χ4n) is 4.55. The van der Waals surface area contributed by atoms with Gasteiger partial charge in [-0.3, -0.25) is 14.2 Å². The monoisotopic (exact) mass is 653 g/mol. The Labute approximate surface area is 264 Å². The van der Waals surface area contributed by atoms with E-state index in [0.717, 1.165) is 38.5 Å². The molecule has 0 spiro atoms. The lowest BCUT2D eigenvalue weighted by Gasteiger charge is -2.28. The predicted molar refractivity (Wildman–Crippen MR) is 175 cm³/mol. The van der Waals surface area contributed by atoms with Crippen LogP contribution in [-0.2, 0) is 23.2 Å². The maximum absolute atomic E-state index is 12.6. The SMILES string of the molecule is C[N+](C)(C)CCOP(=O)([O-])OCC1CNC(=O)CCCCCCCCCCSSCCCCCCCCCCC(=O)N1. The van der Waals surface area contributed by atoms with E-state index >= 15 is 0 Å². The van der Waals surface area contributed by atoms with Gasteiger partial charge < -0.3 is 29.1 Å². The largest absolute Gasteiger partial charge is 0.756 e. The predicted octanol–water partition coefficient (Wildman–Crippen LogP) is 6.21. The summed E-state index contributed by atoms with van der Waals surface area (Å²) in [6.07, 6.45) is 19.4. The van der Waals surface area contributed by atoms with E-state index < -0.39 is 13.9 Å². The molecule has 248 valence electrons. The van der Waals surface area contributed by atoms with E-state index in [0.29, 0.717) is 23.9 Å². The molecule has 0 aliphatic carbocycles. The maximum Gasteiger partial charge on any atom is 0.268 e. The second-order valence-electron chi connectivity index (χ2n) is 12.5. The topological polar surface area (TPSA) is 117 Å². The van der Waals surface area contributed by atoms with E-state index in [9.17, 15) is 19.0 Å². The van der Waals surface area contributed by atoms with E-state index in [1.54, 1.807) is 0 Å². The summed E-state index contributed by atoms with van der Waals surface area (Å²) in [4.78, 5) is 37.3. The second-order valence-corrected chi connectivity index (χ2v) is 16.6. The summed E-state index contributed by atoms with van der Waals surface area (Å²) in [5.74, 6) is 2.25. The number of quaternary nitrogens is 1. The Morgan fingerprint density at radius 3 is 1.69 bits per heavy atom. The molecule has 2 N–H and O–H groups in total. The molecule has 0 aromatic carbocycles. The van der Waals surface area contributed by atoms with Crippen LogP contribution in [-0.4, -0.2) is 81.3 Å². The zero-order valence-corrected chi connectivity index (χ0v) is 29.2. The Kier molecular flexibility index (Phi) is 23.6. The van der Waals surface area contributed by atoms with E-state index in [-0.39, 0.29) is 31.6 Å². The highest BCUT2D eigenvalue weighted by molar-refractivity contribution is 8.76.